The fourth-order valence-corrected chi connectivity index (χ4v) is 5.59. The average Bonchev–Trinajstić information content (AvgIpc) is 3.35. The van der Waals surface area contributed by atoms with Crippen LogP contribution in [0.15, 0.2) is 55.0 Å². The highest BCUT2D eigenvalue weighted by Crippen LogP contribution is 2.39. The molecule has 1 aliphatic carbocycles. The van der Waals surface area contributed by atoms with Crippen LogP contribution in [0.5, 0.6) is 0 Å². The molecular formula is C28H23F3N8. The molecule has 4 aromatic rings. The Morgan fingerprint density at radius 1 is 1.03 bits per heavy atom. The van der Waals surface area contributed by atoms with Crippen LogP contribution in [0, 0.1) is 17.6 Å². The van der Waals surface area contributed by atoms with Gasteiger partial charge in [0.1, 0.15) is 11.6 Å². The van der Waals surface area contributed by atoms with Crippen molar-refractivity contribution < 1.29 is 13.2 Å². The summed E-state index contributed by atoms with van der Waals surface area (Å²) in [5.74, 6) is -2.79. The second-order valence-corrected chi connectivity index (χ2v) is 9.83. The van der Waals surface area contributed by atoms with Crippen LogP contribution in [-0.2, 0) is 0 Å². The lowest BCUT2D eigenvalue weighted by atomic mass is 9.96. The molecule has 0 bridgehead atoms. The molecule has 8 nitrogen and oxygen atoms in total. The molecule has 39 heavy (non-hydrogen) atoms. The normalized spacial score (nSPS) is 20.1. The molecule has 196 valence electrons. The Hall–Kier alpha value is -4.38. The van der Waals surface area contributed by atoms with E-state index in [0.29, 0.717) is 35.1 Å². The quantitative estimate of drug-likeness (QED) is 0.353. The van der Waals surface area contributed by atoms with Crippen molar-refractivity contribution in [2.24, 2.45) is 0 Å². The molecule has 2 unspecified atom stereocenters. The van der Waals surface area contributed by atoms with Gasteiger partial charge in [0.2, 0.25) is 0 Å². The highest BCUT2D eigenvalue weighted by Gasteiger charge is 2.37. The average molecular weight is 529 g/mol. The Morgan fingerprint density at radius 2 is 1.92 bits per heavy atom. The second kappa shape index (κ2) is 9.42. The molecule has 0 saturated carbocycles. The molecule has 2 atom stereocenters. The molecule has 0 amide bonds. The Bertz CT molecular complexity index is 1670. The number of anilines is 3. The third-order valence-corrected chi connectivity index (χ3v) is 7.50. The number of pyridine rings is 3. The van der Waals surface area contributed by atoms with Gasteiger partial charge in [-0.15, -0.1) is 0 Å². The van der Waals surface area contributed by atoms with E-state index in [1.165, 1.54) is 6.20 Å². The first-order valence-corrected chi connectivity index (χ1v) is 12.8. The van der Waals surface area contributed by atoms with E-state index in [9.17, 15) is 13.2 Å². The van der Waals surface area contributed by atoms with Crippen molar-refractivity contribution in [2.45, 2.75) is 31.3 Å². The zero-order chi connectivity index (χ0) is 26.5. The molecule has 3 aliphatic rings. The lowest BCUT2D eigenvalue weighted by molar-refractivity contribution is 0.382. The topological polar surface area (TPSA) is 91.8 Å². The van der Waals surface area contributed by atoms with E-state index >= 15 is 0 Å². The number of nitrogens with zero attached hydrogens (tertiary/aromatic N) is 6. The number of fused-ring (bicyclic) bond motifs is 2. The Morgan fingerprint density at radius 3 is 2.77 bits per heavy atom. The zero-order valence-electron chi connectivity index (χ0n) is 20.7. The van der Waals surface area contributed by atoms with Gasteiger partial charge in [0.05, 0.1) is 17.1 Å². The summed E-state index contributed by atoms with van der Waals surface area (Å²) in [6, 6.07) is 4.54. The molecule has 4 aromatic heterocycles. The number of hydrogen-bond acceptors (Lipinski definition) is 8. The molecule has 0 spiro atoms. The van der Waals surface area contributed by atoms with E-state index < -0.39 is 23.4 Å². The van der Waals surface area contributed by atoms with Crippen LogP contribution < -0.4 is 15.5 Å². The summed E-state index contributed by atoms with van der Waals surface area (Å²) in [5, 5.41) is 7.24. The van der Waals surface area contributed by atoms with Crippen molar-refractivity contribution >= 4 is 33.9 Å². The minimum absolute atomic E-state index is 0.185. The summed E-state index contributed by atoms with van der Waals surface area (Å²) in [6.07, 6.45) is 14.4. The SMILES string of the molecule is Fc1cc(F)c(Nc2cc(-c3nc(N4CCC5NCCCC54)c4c(C5=CC=C5)cncc4n3)ccn2)nc1F. The molecule has 2 N–H and O–H groups in total. The summed E-state index contributed by atoms with van der Waals surface area (Å²) in [5.41, 5.74) is 3.39. The van der Waals surface area contributed by atoms with E-state index in [2.05, 4.69) is 42.6 Å². The van der Waals surface area contributed by atoms with Crippen molar-refractivity contribution in [3.63, 3.8) is 0 Å². The van der Waals surface area contributed by atoms with Gasteiger partial charge in [0.25, 0.3) is 5.95 Å². The van der Waals surface area contributed by atoms with E-state index in [0.717, 1.165) is 54.7 Å². The summed E-state index contributed by atoms with van der Waals surface area (Å²) in [4.78, 5) is 24.3. The van der Waals surface area contributed by atoms with E-state index in [1.807, 2.05) is 12.3 Å². The Kier molecular flexibility index (Phi) is 5.73. The second-order valence-electron chi connectivity index (χ2n) is 9.83. The summed E-state index contributed by atoms with van der Waals surface area (Å²) >= 11 is 0. The fourth-order valence-electron chi connectivity index (χ4n) is 5.59. The number of halogens is 3. The van der Waals surface area contributed by atoms with Crippen LogP contribution >= 0.6 is 0 Å². The highest BCUT2D eigenvalue weighted by molar-refractivity contribution is 6.02. The maximum atomic E-state index is 14.2. The van der Waals surface area contributed by atoms with Crippen LogP contribution in [-0.4, -0.2) is 50.1 Å². The molecular weight excluding hydrogens is 505 g/mol. The molecule has 11 heteroatoms. The predicted molar refractivity (Wildman–Crippen MR) is 142 cm³/mol. The lowest BCUT2D eigenvalue weighted by Crippen LogP contribution is -2.47. The third kappa shape index (κ3) is 4.19. The number of aromatic nitrogens is 5. The van der Waals surface area contributed by atoms with Gasteiger partial charge in [-0.1, -0.05) is 18.2 Å². The Balaban J connectivity index is 1.33. The number of hydrogen-bond donors (Lipinski definition) is 2. The standard InChI is InChI=1S/C28H23F3N8/c29-18-12-19(30)27(37-25(18)31)36-23-11-16(6-9-34-23)26-35-21-14-32-13-17(15-3-1-4-15)24(21)28(38-26)39-10-7-20-22(39)5-2-8-33-20/h1,3-4,6,9,11-14,20,22,33H,2,5,7-8,10H2,(H,34,36,37). The minimum Gasteiger partial charge on any atom is -0.351 e. The number of rotatable bonds is 5. The van der Waals surface area contributed by atoms with Gasteiger partial charge >= 0.3 is 0 Å². The van der Waals surface area contributed by atoms with Crippen LogP contribution in [0.25, 0.3) is 27.9 Å². The van der Waals surface area contributed by atoms with Crippen molar-refractivity contribution in [3.8, 4) is 11.4 Å². The van der Waals surface area contributed by atoms with Gasteiger partial charge in [0, 0.05) is 48.2 Å². The van der Waals surface area contributed by atoms with Crippen LogP contribution in [0.3, 0.4) is 0 Å². The maximum absolute atomic E-state index is 14.2. The number of allylic oxidation sites excluding steroid dienone is 4. The predicted octanol–water partition coefficient (Wildman–Crippen LogP) is 4.93. The molecule has 7 rings (SSSR count). The highest BCUT2D eigenvalue weighted by atomic mass is 19.2. The summed E-state index contributed by atoms with van der Waals surface area (Å²) < 4.78 is 41.2. The van der Waals surface area contributed by atoms with Gasteiger partial charge in [-0.3, -0.25) is 4.98 Å². The van der Waals surface area contributed by atoms with Crippen LogP contribution in [0.1, 0.15) is 24.8 Å². The van der Waals surface area contributed by atoms with Gasteiger partial charge in [-0.25, -0.2) is 23.7 Å². The van der Waals surface area contributed by atoms with Crippen LogP contribution in [0.4, 0.5) is 30.6 Å². The molecule has 0 radical (unpaired) electrons. The van der Waals surface area contributed by atoms with E-state index in [1.54, 1.807) is 18.3 Å². The van der Waals surface area contributed by atoms with E-state index in [-0.39, 0.29) is 5.82 Å². The first kappa shape index (κ1) is 23.7. The molecule has 2 saturated heterocycles. The summed E-state index contributed by atoms with van der Waals surface area (Å²) in [6.45, 7) is 1.90. The molecule has 6 heterocycles. The lowest BCUT2D eigenvalue weighted by Gasteiger charge is -2.34. The number of piperidine rings is 1. The third-order valence-electron chi connectivity index (χ3n) is 7.50. The molecule has 0 aromatic carbocycles. The van der Waals surface area contributed by atoms with Crippen molar-refractivity contribution in [1.29, 1.82) is 0 Å². The van der Waals surface area contributed by atoms with Gasteiger partial charge in [-0.2, -0.15) is 9.37 Å². The fraction of sp³-hybridized carbons (Fsp3) is 0.250. The van der Waals surface area contributed by atoms with Crippen molar-refractivity contribution in [2.75, 3.05) is 23.3 Å². The van der Waals surface area contributed by atoms with Crippen LogP contribution in [0.2, 0.25) is 0 Å². The van der Waals surface area contributed by atoms with Gasteiger partial charge in [-0.05, 0) is 43.5 Å². The smallest absolute Gasteiger partial charge is 0.251 e. The first-order valence-electron chi connectivity index (χ1n) is 12.8. The van der Waals surface area contributed by atoms with E-state index in [4.69, 9.17) is 9.97 Å². The maximum Gasteiger partial charge on any atom is 0.251 e. The minimum atomic E-state index is -1.40. The largest absolute Gasteiger partial charge is 0.351 e. The van der Waals surface area contributed by atoms with Gasteiger partial charge in [0.15, 0.2) is 23.3 Å². The number of nitrogens with one attached hydrogen (secondary N) is 2. The Labute approximate surface area is 221 Å². The monoisotopic (exact) mass is 528 g/mol. The molecule has 2 fully saturated rings. The van der Waals surface area contributed by atoms with Gasteiger partial charge < -0.3 is 15.5 Å². The first-order chi connectivity index (χ1) is 19.0. The summed E-state index contributed by atoms with van der Waals surface area (Å²) in [7, 11) is 0. The van der Waals surface area contributed by atoms with Crippen molar-refractivity contribution in [3.05, 3.63) is 78.2 Å². The van der Waals surface area contributed by atoms with Crippen molar-refractivity contribution in [1.82, 2.24) is 30.2 Å². The zero-order valence-corrected chi connectivity index (χ0v) is 20.7. The molecule has 2 aliphatic heterocycles.